The zero-order valence-electron chi connectivity index (χ0n) is 9.87. The summed E-state index contributed by atoms with van der Waals surface area (Å²) in [6.45, 7) is 3.89. The topological polar surface area (TPSA) is 72.2 Å². The molecule has 17 heavy (non-hydrogen) atoms. The van der Waals surface area contributed by atoms with Crippen LogP contribution in [0, 0.1) is 11.3 Å². The van der Waals surface area contributed by atoms with E-state index in [1.807, 2.05) is 6.07 Å². The Balaban J connectivity index is 3.07. The molecule has 0 aliphatic heterocycles. The first-order valence-electron chi connectivity index (χ1n) is 5.36. The van der Waals surface area contributed by atoms with E-state index in [0.29, 0.717) is 5.56 Å². The average Bonchev–Trinajstić information content (AvgIpc) is 2.31. The third kappa shape index (κ3) is 3.37. The van der Waals surface area contributed by atoms with Crippen LogP contribution in [-0.4, -0.2) is 18.2 Å². The van der Waals surface area contributed by atoms with E-state index >= 15 is 0 Å². The van der Waals surface area contributed by atoms with E-state index in [2.05, 4.69) is 4.98 Å². The Morgan fingerprint density at radius 2 is 2.12 bits per heavy atom. The Morgan fingerprint density at radius 3 is 2.53 bits per heavy atom. The lowest BCUT2D eigenvalue weighted by Crippen LogP contribution is -2.05. The molecule has 0 aromatic carbocycles. The molecule has 1 aromatic heterocycles. The molecule has 0 amide bonds. The van der Waals surface area contributed by atoms with Crippen LogP contribution in [-0.2, 0) is 13.6 Å². The summed E-state index contributed by atoms with van der Waals surface area (Å²) in [5, 5.41) is 9.16. The van der Waals surface area contributed by atoms with Crippen LogP contribution >= 0.6 is 7.60 Å². The molecule has 92 valence electrons. The molecule has 5 nitrogen and oxygen atoms in total. The minimum atomic E-state index is -3.45. The molecule has 6 heteroatoms. The molecule has 0 saturated heterocycles. The lowest BCUT2D eigenvalue weighted by molar-refractivity contribution is 0.216. The Kier molecular flexibility index (Phi) is 5.30. The van der Waals surface area contributed by atoms with Gasteiger partial charge in [-0.05, 0) is 25.5 Å². The highest BCUT2D eigenvalue weighted by Crippen LogP contribution is 2.60. The van der Waals surface area contributed by atoms with E-state index < -0.39 is 13.3 Å². The monoisotopic (exact) mass is 254 g/mol. The molecule has 0 bridgehead atoms. The molecule has 1 rings (SSSR count). The van der Waals surface area contributed by atoms with E-state index in [-0.39, 0.29) is 13.2 Å². The predicted octanol–water partition coefficient (Wildman–Crippen LogP) is 2.91. The summed E-state index contributed by atoms with van der Waals surface area (Å²) in [6, 6.07) is 5.34. The van der Waals surface area contributed by atoms with Crippen LogP contribution in [0.3, 0.4) is 0 Å². The number of aromatic nitrogens is 1. The van der Waals surface area contributed by atoms with Crippen molar-refractivity contribution in [1.82, 2.24) is 4.98 Å². The zero-order valence-corrected chi connectivity index (χ0v) is 10.8. The molecule has 0 fully saturated rings. The fourth-order valence-electron chi connectivity index (χ4n) is 1.41. The Labute approximate surface area is 101 Å². The molecule has 1 heterocycles. The lowest BCUT2D eigenvalue weighted by atomic mass is 10.2. The van der Waals surface area contributed by atoms with Crippen molar-refractivity contribution in [3.8, 4) is 6.07 Å². The lowest BCUT2D eigenvalue weighted by Gasteiger charge is -2.21. The molecule has 1 aromatic rings. The first-order chi connectivity index (χ1) is 8.18. The Morgan fingerprint density at radius 1 is 1.47 bits per heavy atom. The second kappa shape index (κ2) is 6.51. The summed E-state index contributed by atoms with van der Waals surface area (Å²) in [5.41, 5.74) is -0.392. The maximum Gasteiger partial charge on any atom is 0.352 e. The second-order valence-corrected chi connectivity index (χ2v) is 5.31. The van der Waals surface area contributed by atoms with Crippen LogP contribution in [0.5, 0.6) is 0 Å². The van der Waals surface area contributed by atoms with Crippen LogP contribution in [0.4, 0.5) is 0 Å². The van der Waals surface area contributed by atoms with Gasteiger partial charge in [0.05, 0.1) is 19.3 Å². The number of nitriles is 1. The summed E-state index contributed by atoms with van der Waals surface area (Å²) >= 11 is 0. The molecule has 0 N–H and O–H groups in total. The first kappa shape index (κ1) is 13.9. The third-order valence-electron chi connectivity index (χ3n) is 2.06. The summed E-state index contributed by atoms with van der Waals surface area (Å²) in [6.07, 6.45) is 3.09. The minimum Gasteiger partial charge on any atom is -0.308 e. The van der Waals surface area contributed by atoms with Crippen molar-refractivity contribution in [3.63, 3.8) is 0 Å². The van der Waals surface area contributed by atoms with Gasteiger partial charge >= 0.3 is 7.60 Å². The average molecular weight is 254 g/mol. The van der Waals surface area contributed by atoms with Gasteiger partial charge in [-0.3, -0.25) is 9.55 Å². The van der Waals surface area contributed by atoms with Crippen molar-refractivity contribution in [3.05, 3.63) is 30.1 Å². The third-order valence-corrected chi connectivity index (χ3v) is 4.34. The van der Waals surface area contributed by atoms with Gasteiger partial charge in [-0.15, -0.1) is 0 Å². The molecular formula is C11H15N2O3P. The van der Waals surface area contributed by atoms with Crippen LogP contribution < -0.4 is 0 Å². The van der Waals surface area contributed by atoms with E-state index in [0.717, 1.165) is 0 Å². The van der Waals surface area contributed by atoms with Crippen molar-refractivity contribution in [1.29, 1.82) is 5.26 Å². The number of hydrogen-bond donors (Lipinski definition) is 0. The molecule has 0 spiro atoms. The van der Waals surface area contributed by atoms with E-state index in [9.17, 15) is 4.57 Å². The van der Waals surface area contributed by atoms with Crippen molar-refractivity contribution in [2.45, 2.75) is 19.5 Å². The SMILES string of the molecule is CCOP(=O)(OCC)C(C#N)c1cccnc1. The number of hydrogen-bond acceptors (Lipinski definition) is 5. The van der Waals surface area contributed by atoms with Gasteiger partial charge in [0.15, 0.2) is 5.66 Å². The molecule has 1 atom stereocenters. The standard InChI is InChI=1S/C11H15N2O3P/c1-3-15-17(14,16-4-2)11(8-12)10-6-5-7-13-9-10/h5-7,9,11H,3-4H2,1-2H3. The predicted molar refractivity (Wildman–Crippen MR) is 63.4 cm³/mol. The van der Waals surface area contributed by atoms with Crippen LogP contribution in [0.25, 0.3) is 0 Å². The molecular weight excluding hydrogens is 239 g/mol. The number of pyridine rings is 1. The smallest absolute Gasteiger partial charge is 0.308 e. The highest BCUT2D eigenvalue weighted by Gasteiger charge is 2.37. The summed E-state index contributed by atoms with van der Waals surface area (Å²) < 4.78 is 22.8. The maximum atomic E-state index is 12.5. The quantitative estimate of drug-likeness (QED) is 0.730. The van der Waals surface area contributed by atoms with Gasteiger partial charge in [0.1, 0.15) is 0 Å². The van der Waals surface area contributed by atoms with E-state index in [4.69, 9.17) is 14.3 Å². The fraction of sp³-hybridized carbons (Fsp3) is 0.455. The summed E-state index contributed by atoms with van der Waals surface area (Å²) in [7, 11) is -3.45. The summed E-state index contributed by atoms with van der Waals surface area (Å²) in [4.78, 5) is 3.90. The molecule has 0 radical (unpaired) electrons. The number of nitrogens with zero attached hydrogens (tertiary/aromatic N) is 2. The highest BCUT2D eigenvalue weighted by atomic mass is 31.2. The summed E-state index contributed by atoms with van der Waals surface area (Å²) in [5.74, 6) is 0. The van der Waals surface area contributed by atoms with Crippen LogP contribution in [0.15, 0.2) is 24.5 Å². The zero-order chi connectivity index (χ0) is 12.7. The van der Waals surface area contributed by atoms with Crippen molar-refractivity contribution in [2.24, 2.45) is 0 Å². The molecule has 0 saturated carbocycles. The fourth-order valence-corrected chi connectivity index (χ4v) is 3.16. The van der Waals surface area contributed by atoms with Gasteiger partial charge in [0.25, 0.3) is 0 Å². The van der Waals surface area contributed by atoms with Crippen molar-refractivity contribution < 1.29 is 13.6 Å². The minimum absolute atomic E-state index is 0.232. The molecule has 0 aliphatic carbocycles. The van der Waals surface area contributed by atoms with Crippen LogP contribution in [0.2, 0.25) is 0 Å². The van der Waals surface area contributed by atoms with Crippen LogP contribution in [0.1, 0.15) is 25.1 Å². The van der Waals surface area contributed by atoms with Gasteiger partial charge in [-0.2, -0.15) is 5.26 Å². The van der Waals surface area contributed by atoms with E-state index in [1.54, 1.807) is 32.2 Å². The van der Waals surface area contributed by atoms with Gasteiger partial charge in [-0.25, -0.2) is 0 Å². The molecule has 1 unspecified atom stereocenters. The van der Waals surface area contributed by atoms with E-state index in [1.165, 1.54) is 6.20 Å². The van der Waals surface area contributed by atoms with Crippen molar-refractivity contribution in [2.75, 3.05) is 13.2 Å². The maximum absolute atomic E-state index is 12.5. The Bertz CT molecular complexity index is 420. The van der Waals surface area contributed by atoms with Gasteiger partial charge in [0.2, 0.25) is 0 Å². The highest BCUT2D eigenvalue weighted by molar-refractivity contribution is 7.54. The second-order valence-electron chi connectivity index (χ2n) is 3.19. The Hall–Kier alpha value is -1.21. The molecule has 0 aliphatic rings. The number of rotatable bonds is 6. The van der Waals surface area contributed by atoms with Gasteiger partial charge in [0, 0.05) is 12.4 Å². The normalized spacial score (nSPS) is 13.0. The largest absolute Gasteiger partial charge is 0.352 e. The van der Waals surface area contributed by atoms with Gasteiger partial charge in [-0.1, -0.05) is 6.07 Å². The first-order valence-corrected chi connectivity index (χ1v) is 6.97. The van der Waals surface area contributed by atoms with Crippen molar-refractivity contribution >= 4 is 7.60 Å². The van der Waals surface area contributed by atoms with Gasteiger partial charge < -0.3 is 9.05 Å².